The van der Waals surface area contributed by atoms with E-state index >= 15 is 0 Å². The summed E-state index contributed by atoms with van der Waals surface area (Å²) in [5, 5.41) is 9.41. The van der Waals surface area contributed by atoms with Gasteiger partial charge in [0.25, 0.3) is 0 Å². The van der Waals surface area contributed by atoms with E-state index in [-0.39, 0.29) is 12.9 Å². The first-order valence-electron chi connectivity index (χ1n) is 17.8. The SMILES string of the molecule is CCCCCCCCOC(CCCCCCCCN(CCO)CCCCCCCC=O)OCCCCCCCC. The first-order valence-corrected chi connectivity index (χ1v) is 17.8. The van der Waals surface area contributed by atoms with Crippen LogP contribution in [-0.4, -0.2) is 62.0 Å². The standard InChI is InChI=1S/C35H71NO4/c1-3-5-7-9-19-25-33-39-35(40-34-26-20-10-8-6-4-2)27-21-15-11-12-16-22-28-36(30-32-38)29-23-17-13-14-18-24-31-37/h31,35,38H,3-30,32-34H2,1-2H3. The molecule has 5 heteroatoms. The van der Waals surface area contributed by atoms with E-state index < -0.39 is 0 Å². The van der Waals surface area contributed by atoms with E-state index in [4.69, 9.17) is 9.47 Å². The van der Waals surface area contributed by atoms with Crippen molar-refractivity contribution < 1.29 is 19.4 Å². The predicted molar refractivity (Wildman–Crippen MR) is 172 cm³/mol. The Labute approximate surface area is 250 Å². The number of aliphatic hydroxyl groups is 1. The first kappa shape index (κ1) is 39.5. The lowest BCUT2D eigenvalue weighted by molar-refractivity contribution is -0.148. The number of unbranched alkanes of at least 4 members (excludes halogenated alkanes) is 20. The van der Waals surface area contributed by atoms with Gasteiger partial charge in [-0.2, -0.15) is 0 Å². The van der Waals surface area contributed by atoms with Crippen molar-refractivity contribution in [2.24, 2.45) is 0 Å². The Morgan fingerprint density at radius 3 is 1.45 bits per heavy atom. The summed E-state index contributed by atoms with van der Waals surface area (Å²) >= 11 is 0. The number of ether oxygens (including phenoxy) is 2. The molecular weight excluding hydrogens is 498 g/mol. The van der Waals surface area contributed by atoms with Crippen LogP contribution in [0.25, 0.3) is 0 Å². The molecule has 240 valence electrons. The second kappa shape index (κ2) is 34.7. The van der Waals surface area contributed by atoms with Gasteiger partial charge in [-0.1, -0.05) is 123 Å². The fourth-order valence-electron chi connectivity index (χ4n) is 5.33. The second-order valence-corrected chi connectivity index (χ2v) is 11.9. The fraction of sp³-hybridized carbons (Fsp3) is 0.971. The minimum atomic E-state index is -0.0108. The van der Waals surface area contributed by atoms with E-state index in [1.165, 1.54) is 122 Å². The molecule has 40 heavy (non-hydrogen) atoms. The van der Waals surface area contributed by atoms with E-state index in [9.17, 15) is 9.90 Å². The summed E-state index contributed by atoms with van der Waals surface area (Å²) in [6.45, 7) is 9.47. The van der Waals surface area contributed by atoms with Crippen molar-refractivity contribution in [3.8, 4) is 0 Å². The van der Waals surface area contributed by atoms with Gasteiger partial charge < -0.3 is 24.3 Å². The molecule has 0 rings (SSSR count). The maximum atomic E-state index is 10.4. The van der Waals surface area contributed by atoms with Crippen LogP contribution in [0.1, 0.15) is 174 Å². The third kappa shape index (κ3) is 30.5. The van der Waals surface area contributed by atoms with E-state index in [0.717, 1.165) is 71.2 Å². The van der Waals surface area contributed by atoms with Gasteiger partial charge in [0, 0.05) is 26.2 Å². The van der Waals surface area contributed by atoms with Crippen molar-refractivity contribution in [2.45, 2.75) is 181 Å². The molecule has 0 saturated carbocycles. The lowest BCUT2D eigenvalue weighted by Crippen LogP contribution is -2.29. The Hall–Kier alpha value is -0.490. The molecule has 0 aromatic rings. The summed E-state index contributed by atoms with van der Waals surface area (Å²) in [5.41, 5.74) is 0. The Morgan fingerprint density at radius 2 is 0.975 bits per heavy atom. The summed E-state index contributed by atoms with van der Waals surface area (Å²) in [4.78, 5) is 12.8. The molecule has 0 spiro atoms. The van der Waals surface area contributed by atoms with Gasteiger partial charge in [-0.15, -0.1) is 0 Å². The number of rotatable bonds is 35. The van der Waals surface area contributed by atoms with Gasteiger partial charge in [0.1, 0.15) is 6.29 Å². The van der Waals surface area contributed by atoms with Gasteiger partial charge in [-0.3, -0.25) is 0 Å². The van der Waals surface area contributed by atoms with Gasteiger partial charge in [0.15, 0.2) is 6.29 Å². The summed E-state index contributed by atoms with van der Waals surface area (Å²) in [7, 11) is 0. The van der Waals surface area contributed by atoms with E-state index in [0.29, 0.717) is 6.42 Å². The van der Waals surface area contributed by atoms with Gasteiger partial charge >= 0.3 is 0 Å². The van der Waals surface area contributed by atoms with Gasteiger partial charge in [-0.05, 0) is 58.0 Å². The summed E-state index contributed by atoms with van der Waals surface area (Å²) in [5.74, 6) is 0. The Kier molecular flexibility index (Phi) is 34.3. The zero-order valence-corrected chi connectivity index (χ0v) is 27.2. The van der Waals surface area contributed by atoms with Crippen LogP contribution in [0.5, 0.6) is 0 Å². The average molecular weight is 570 g/mol. The van der Waals surface area contributed by atoms with Crippen LogP contribution >= 0.6 is 0 Å². The van der Waals surface area contributed by atoms with Crippen molar-refractivity contribution >= 4 is 6.29 Å². The van der Waals surface area contributed by atoms with Crippen LogP contribution in [0.4, 0.5) is 0 Å². The molecule has 0 aliphatic heterocycles. The summed E-state index contributed by atoms with van der Waals surface area (Å²) < 4.78 is 12.4. The minimum absolute atomic E-state index is 0.0108. The van der Waals surface area contributed by atoms with Crippen LogP contribution in [0.15, 0.2) is 0 Å². The van der Waals surface area contributed by atoms with Crippen molar-refractivity contribution in [1.82, 2.24) is 4.90 Å². The summed E-state index contributed by atoms with van der Waals surface area (Å²) in [6, 6.07) is 0. The number of carbonyl (C=O) groups is 1. The van der Waals surface area contributed by atoms with Crippen molar-refractivity contribution in [3.05, 3.63) is 0 Å². The Bertz CT molecular complexity index is 458. The third-order valence-electron chi connectivity index (χ3n) is 7.98. The lowest BCUT2D eigenvalue weighted by atomic mass is 10.1. The van der Waals surface area contributed by atoms with Gasteiger partial charge in [-0.25, -0.2) is 0 Å². The van der Waals surface area contributed by atoms with Gasteiger partial charge in [0.2, 0.25) is 0 Å². The highest BCUT2D eigenvalue weighted by atomic mass is 16.7. The summed E-state index contributed by atoms with van der Waals surface area (Å²) in [6.07, 6.45) is 31.7. The molecule has 0 unspecified atom stereocenters. The smallest absolute Gasteiger partial charge is 0.157 e. The average Bonchev–Trinajstić information content (AvgIpc) is 2.96. The van der Waals surface area contributed by atoms with E-state index in [1.807, 2.05) is 0 Å². The zero-order chi connectivity index (χ0) is 29.2. The van der Waals surface area contributed by atoms with Crippen LogP contribution in [0.2, 0.25) is 0 Å². The van der Waals surface area contributed by atoms with Crippen LogP contribution in [-0.2, 0) is 14.3 Å². The predicted octanol–water partition coefficient (Wildman–Crippen LogP) is 9.63. The highest BCUT2D eigenvalue weighted by Crippen LogP contribution is 2.15. The first-order chi connectivity index (χ1) is 19.8. The van der Waals surface area contributed by atoms with Crippen LogP contribution in [0, 0.1) is 0 Å². The molecule has 0 amide bonds. The highest BCUT2D eigenvalue weighted by Gasteiger charge is 2.10. The van der Waals surface area contributed by atoms with Crippen molar-refractivity contribution in [1.29, 1.82) is 0 Å². The largest absolute Gasteiger partial charge is 0.395 e. The quantitative estimate of drug-likeness (QED) is 0.0468. The molecule has 0 aliphatic carbocycles. The van der Waals surface area contributed by atoms with E-state index in [2.05, 4.69) is 18.7 Å². The maximum absolute atomic E-state index is 10.4. The number of aliphatic hydroxyl groups excluding tert-OH is 1. The topological polar surface area (TPSA) is 59.0 Å². The number of hydrogen-bond acceptors (Lipinski definition) is 5. The van der Waals surface area contributed by atoms with E-state index in [1.54, 1.807) is 0 Å². The zero-order valence-electron chi connectivity index (χ0n) is 27.2. The molecule has 0 saturated heterocycles. The molecule has 0 radical (unpaired) electrons. The van der Waals surface area contributed by atoms with Crippen LogP contribution in [0.3, 0.4) is 0 Å². The molecule has 0 bridgehead atoms. The fourth-order valence-corrected chi connectivity index (χ4v) is 5.33. The van der Waals surface area contributed by atoms with Crippen molar-refractivity contribution in [3.63, 3.8) is 0 Å². The molecule has 0 aliphatic rings. The third-order valence-corrected chi connectivity index (χ3v) is 7.98. The maximum Gasteiger partial charge on any atom is 0.157 e. The Balaban J connectivity index is 3.96. The molecular formula is C35H71NO4. The highest BCUT2D eigenvalue weighted by molar-refractivity contribution is 5.48. The molecule has 5 nitrogen and oxygen atoms in total. The minimum Gasteiger partial charge on any atom is -0.395 e. The second-order valence-electron chi connectivity index (χ2n) is 11.9. The van der Waals surface area contributed by atoms with Crippen molar-refractivity contribution in [2.75, 3.05) is 39.5 Å². The molecule has 0 atom stereocenters. The Morgan fingerprint density at radius 1 is 0.550 bits per heavy atom. The molecule has 0 fully saturated rings. The number of nitrogens with zero attached hydrogens (tertiary/aromatic N) is 1. The number of carbonyl (C=O) groups excluding carboxylic acids is 1. The molecule has 1 N–H and O–H groups in total. The lowest BCUT2D eigenvalue weighted by Gasteiger charge is -2.21. The normalized spacial score (nSPS) is 11.7. The molecule has 0 aromatic heterocycles. The monoisotopic (exact) mass is 570 g/mol. The van der Waals surface area contributed by atoms with Crippen LogP contribution < -0.4 is 0 Å². The van der Waals surface area contributed by atoms with Gasteiger partial charge in [0.05, 0.1) is 6.61 Å². The number of hydrogen-bond donors (Lipinski definition) is 1. The molecule has 0 heterocycles. The number of aldehydes is 1. The molecule has 0 aromatic carbocycles.